The summed E-state index contributed by atoms with van der Waals surface area (Å²) in [6.07, 6.45) is 2.86. The average molecular weight is 595 g/mol. The highest BCUT2D eigenvalue weighted by atomic mass is 32.1. The summed E-state index contributed by atoms with van der Waals surface area (Å²) in [4.78, 5) is 9.87. The topological polar surface area (TPSA) is 25.8 Å². The first-order valence-corrected chi connectivity index (χ1v) is 19.4. The van der Waals surface area contributed by atoms with E-state index in [0.717, 1.165) is 17.6 Å². The molecule has 222 valence electrons. The van der Waals surface area contributed by atoms with Gasteiger partial charge >= 0.3 is 0 Å². The van der Waals surface area contributed by atoms with E-state index in [4.69, 9.17) is 9.97 Å². The van der Waals surface area contributed by atoms with Crippen LogP contribution >= 0.6 is 11.3 Å². The van der Waals surface area contributed by atoms with Crippen LogP contribution in [0.1, 0.15) is 73.4 Å². The molecule has 5 rings (SSSR count). The van der Waals surface area contributed by atoms with Crippen LogP contribution in [-0.4, -0.2) is 18.0 Å². The molecule has 0 atom stereocenters. The van der Waals surface area contributed by atoms with E-state index in [1.54, 1.807) is 11.5 Å². The summed E-state index contributed by atoms with van der Waals surface area (Å²) >= 11 is 1.89. The SMILES string of the molecule is Cc1c(CC(C)(C)C)ccc2c1sc1c(-c3cc([Si](CC(C)C)(CC(C)C)CC(C)C)c4ccccc4c3)ncnc12. The van der Waals surface area contributed by atoms with Crippen LogP contribution in [0.15, 0.2) is 54.9 Å². The Bertz CT molecular complexity index is 1690. The van der Waals surface area contributed by atoms with Crippen LogP contribution in [0.2, 0.25) is 18.1 Å². The Hall–Kier alpha value is -2.56. The van der Waals surface area contributed by atoms with Crippen LogP contribution in [-0.2, 0) is 6.42 Å². The molecule has 0 aliphatic heterocycles. The number of nitrogens with zero attached hydrogens (tertiary/aromatic N) is 2. The van der Waals surface area contributed by atoms with Gasteiger partial charge in [0, 0.05) is 15.6 Å². The Labute approximate surface area is 259 Å². The minimum absolute atomic E-state index is 0.250. The summed E-state index contributed by atoms with van der Waals surface area (Å²) in [5.74, 6) is 2.03. The quantitative estimate of drug-likeness (QED) is 0.159. The lowest BCUT2D eigenvalue weighted by Gasteiger charge is -2.38. The zero-order valence-corrected chi connectivity index (χ0v) is 29.4. The minimum atomic E-state index is -1.87. The molecule has 0 N–H and O–H groups in total. The van der Waals surface area contributed by atoms with Crippen LogP contribution in [0.25, 0.3) is 42.3 Å². The van der Waals surface area contributed by atoms with Crippen LogP contribution in [0.5, 0.6) is 0 Å². The number of aryl methyl sites for hydroxylation is 1. The third-order valence-electron chi connectivity index (χ3n) is 8.61. The Balaban J connectivity index is 1.79. The van der Waals surface area contributed by atoms with Crippen molar-refractivity contribution in [2.24, 2.45) is 23.2 Å². The molecular formula is C38H50N2SSi. The van der Waals surface area contributed by atoms with Crippen molar-refractivity contribution in [3.63, 3.8) is 0 Å². The highest BCUT2D eigenvalue weighted by Gasteiger charge is 2.38. The predicted molar refractivity (Wildman–Crippen MR) is 190 cm³/mol. The summed E-state index contributed by atoms with van der Waals surface area (Å²) in [6.45, 7) is 23.8. The average Bonchev–Trinajstić information content (AvgIpc) is 3.27. The lowest BCUT2D eigenvalue weighted by molar-refractivity contribution is 0.410. The van der Waals surface area contributed by atoms with E-state index in [1.807, 2.05) is 11.3 Å². The maximum atomic E-state index is 5.01. The zero-order valence-electron chi connectivity index (χ0n) is 27.6. The van der Waals surface area contributed by atoms with Gasteiger partial charge in [-0.05, 0) is 64.5 Å². The fourth-order valence-corrected chi connectivity index (χ4v) is 16.0. The van der Waals surface area contributed by atoms with Gasteiger partial charge in [-0.3, -0.25) is 0 Å². The molecule has 42 heavy (non-hydrogen) atoms. The second-order valence-corrected chi connectivity index (χ2v) is 20.6. The normalized spacial score (nSPS) is 13.1. The first-order valence-electron chi connectivity index (χ1n) is 16.0. The Morgan fingerprint density at radius 1 is 0.762 bits per heavy atom. The third kappa shape index (κ3) is 6.21. The number of fused-ring (bicyclic) bond motifs is 4. The Morgan fingerprint density at radius 3 is 2.02 bits per heavy atom. The summed E-state index contributed by atoms with van der Waals surface area (Å²) in [5, 5.41) is 5.70. The molecule has 3 aromatic carbocycles. The van der Waals surface area contributed by atoms with Crippen molar-refractivity contribution in [1.82, 2.24) is 9.97 Å². The van der Waals surface area contributed by atoms with Crippen molar-refractivity contribution < 1.29 is 0 Å². The van der Waals surface area contributed by atoms with E-state index in [9.17, 15) is 0 Å². The number of aromatic nitrogens is 2. The fourth-order valence-electron chi connectivity index (χ4n) is 7.59. The van der Waals surface area contributed by atoms with Gasteiger partial charge in [-0.25, -0.2) is 9.97 Å². The lowest BCUT2D eigenvalue weighted by atomic mass is 9.86. The molecule has 2 aromatic heterocycles. The molecular weight excluding hydrogens is 545 g/mol. The second kappa shape index (κ2) is 11.8. The summed E-state index contributed by atoms with van der Waals surface area (Å²) < 4.78 is 2.58. The summed E-state index contributed by atoms with van der Waals surface area (Å²) in [5.41, 5.74) is 6.52. The van der Waals surface area contributed by atoms with Crippen molar-refractivity contribution in [2.45, 2.75) is 93.8 Å². The molecule has 0 amide bonds. The van der Waals surface area contributed by atoms with E-state index in [0.29, 0.717) is 17.8 Å². The lowest BCUT2D eigenvalue weighted by Crippen LogP contribution is -2.51. The van der Waals surface area contributed by atoms with E-state index >= 15 is 0 Å². The van der Waals surface area contributed by atoms with Crippen molar-refractivity contribution >= 4 is 55.7 Å². The third-order valence-corrected chi connectivity index (χ3v) is 16.3. The number of thiophene rings is 1. The number of rotatable bonds is 9. The highest BCUT2D eigenvalue weighted by Crippen LogP contribution is 2.42. The molecule has 0 saturated carbocycles. The first-order chi connectivity index (χ1) is 19.8. The fraction of sp³-hybridized carbons (Fsp3) is 0.474. The number of benzene rings is 3. The van der Waals surface area contributed by atoms with Gasteiger partial charge in [-0.2, -0.15) is 0 Å². The molecule has 0 aliphatic carbocycles. The molecule has 5 aromatic rings. The van der Waals surface area contributed by atoms with Gasteiger partial charge in [0.1, 0.15) is 6.33 Å². The maximum Gasteiger partial charge on any atom is 0.116 e. The standard InChI is InChI=1S/C38H50N2SSi/c1-24(2)20-42(21-25(3)4,22-26(5)6)33-18-30(17-28-13-11-12-14-31(28)33)34-37-35(40-23-39-34)32-16-15-29(19-38(8,9)10)27(7)36(32)41-37/h11-18,23-26H,19-22H2,1-10H3. The largest absolute Gasteiger partial charge is 0.235 e. The molecule has 0 aliphatic rings. The number of hydrogen-bond acceptors (Lipinski definition) is 3. The van der Waals surface area contributed by atoms with Crippen molar-refractivity contribution in [1.29, 1.82) is 0 Å². The van der Waals surface area contributed by atoms with Crippen LogP contribution in [0.3, 0.4) is 0 Å². The van der Waals surface area contributed by atoms with Gasteiger partial charge in [0.05, 0.1) is 24.0 Å². The van der Waals surface area contributed by atoms with Crippen LogP contribution in [0.4, 0.5) is 0 Å². The number of hydrogen-bond donors (Lipinski definition) is 0. The van der Waals surface area contributed by atoms with E-state index < -0.39 is 8.07 Å². The Morgan fingerprint density at radius 2 is 1.40 bits per heavy atom. The molecule has 0 bridgehead atoms. The van der Waals surface area contributed by atoms with Crippen LogP contribution < -0.4 is 5.19 Å². The van der Waals surface area contributed by atoms with E-state index in [2.05, 4.69) is 118 Å². The van der Waals surface area contributed by atoms with Gasteiger partial charge in [-0.15, -0.1) is 11.3 Å². The van der Waals surface area contributed by atoms with Crippen molar-refractivity contribution in [3.8, 4) is 11.3 Å². The summed E-state index contributed by atoms with van der Waals surface area (Å²) in [7, 11) is -1.87. The van der Waals surface area contributed by atoms with Gasteiger partial charge < -0.3 is 0 Å². The van der Waals surface area contributed by atoms with Crippen molar-refractivity contribution in [3.05, 3.63) is 66.0 Å². The highest BCUT2D eigenvalue weighted by molar-refractivity contribution is 7.26. The zero-order chi connectivity index (χ0) is 30.4. The second-order valence-electron chi connectivity index (χ2n) is 15.3. The molecule has 0 spiro atoms. The van der Waals surface area contributed by atoms with Crippen molar-refractivity contribution in [2.75, 3.05) is 0 Å². The molecule has 0 unspecified atom stereocenters. The molecule has 0 radical (unpaired) electrons. The van der Waals surface area contributed by atoms with Gasteiger partial charge in [-0.1, -0.05) is 128 Å². The predicted octanol–water partition coefficient (Wildman–Crippen LogP) is 11.2. The van der Waals surface area contributed by atoms with E-state index in [1.165, 1.54) is 60.4 Å². The minimum Gasteiger partial charge on any atom is -0.235 e. The molecule has 2 heterocycles. The molecule has 2 nitrogen and oxygen atoms in total. The molecule has 0 fully saturated rings. The smallest absolute Gasteiger partial charge is 0.116 e. The molecule has 0 saturated heterocycles. The van der Waals surface area contributed by atoms with Gasteiger partial charge in [0.15, 0.2) is 0 Å². The summed E-state index contributed by atoms with van der Waals surface area (Å²) in [6, 6.07) is 22.7. The first kappa shape index (κ1) is 30.9. The Kier molecular flexibility index (Phi) is 8.71. The maximum absolute atomic E-state index is 5.01. The van der Waals surface area contributed by atoms with Gasteiger partial charge in [0.25, 0.3) is 0 Å². The van der Waals surface area contributed by atoms with Gasteiger partial charge in [0.2, 0.25) is 0 Å². The monoisotopic (exact) mass is 594 g/mol. The van der Waals surface area contributed by atoms with Crippen LogP contribution in [0, 0.1) is 30.1 Å². The van der Waals surface area contributed by atoms with E-state index in [-0.39, 0.29) is 5.41 Å². The molecule has 4 heteroatoms.